The molecule has 1 saturated carbocycles. The molecule has 1 aliphatic heterocycles. The molecule has 3 atom stereocenters. The van der Waals surface area contributed by atoms with Crippen molar-refractivity contribution in [3.63, 3.8) is 0 Å². The van der Waals surface area contributed by atoms with Crippen molar-refractivity contribution in [2.75, 3.05) is 0 Å². The fourth-order valence-corrected chi connectivity index (χ4v) is 2.85. The minimum absolute atomic E-state index is 0.675. The topological polar surface area (TPSA) is 12.4 Å². The van der Waals surface area contributed by atoms with Crippen molar-refractivity contribution < 1.29 is 0 Å². The van der Waals surface area contributed by atoms with Gasteiger partial charge >= 0.3 is 0 Å². The van der Waals surface area contributed by atoms with Crippen LogP contribution in [-0.2, 0) is 0 Å². The third-order valence-corrected chi connectivity index (χ3v) is 3.65. The summed E-state index contributed by atoms with van der Waals surface area (Å²) in [6.45, 7) is 2.34. The molecule has 0 bridgehead atoms. The first-order chi connectivity index (χ1) is 4.86. The maximum absolute atomic E-state index is 4.45. The molecule has 2 aliphatic rings. The zero-order valence-corrected chi connectivity index (χ0v) is 7.10. The third-order valence-electron chi connectivity index (χ3n) is 2.50. The average molecular weight is 155 g/mol. The summed E-state index contributed by atoms with van der Waals surface area (Å²) in [5, 5.41) is 0.844. The summed E-state index contributed by atoms with van der Waals surface area (Å²) in [5.74, 6) is 0.914. The number of thioether (sulfide) groups is 1. The van der Waals surface area contributed by atoms with Crippen LogP contribution in [-0.4, -0.2) is 16.8 Å². The summed E-state index contributed by atoms with van der Waals surface area (Å²) in [6, 6.07) is 0.675. The van der Waals surface area contributed by atoms with Gasteiger partial charge in [0.05, 0.1) is 11.6 Å². The molecule has 0 radical (unpaired) electrons. The molecule has 1 aliphatic carbocycles. The minimum Gasteiger partial charge on any atom is -0.282 e. The predicted octanol–water partition coefficient (Wildman–Crippen LogP) is 2.32. The fraction of sp³-hybridized carbons (Fsp3) is 0.875. The van der Waals surface area contributed by atoms with Crippen LogP contribution in [0.5, 0.6) is 0 Å². The van der Waals surface area contributed by atoms with E-state index in [-0.39, 0.29) is 0 Å². The van der Waals surface area contributed by atoms with Crippen molar-refractivity contribution >= 4 is 17.3 Å². The Bertz CT molecular complexity index is 155. The lowest BCUT2D eigenvalue weighted by molar-refractivity contribution is 0.358. The van der Waals surface area contributed by atoms with E-state index in [4.69, 9.17) is 0 Å². The van der Waals surface area contributed by atoms with Crippen molar-refractivity contribution in [3.8, 4) is 0 Å². The highest BCUT2D eigenvalue weighted by atomic mass is 32.2. The summed E-state index contributed by atoms with van der Waals surface area (Å²) >= 11 is 1.94. The zero-order chi connectivity index (χ0) is 6.97. The SMILES string of the molecule is C[C@H]1CCC2SC=NC2C1. The number of hydrogen-bond donors (Lipinski definition) is 0. The lowest BCUT2D eigenvalue weighted by Crippen LogP contribution is -2.26. The minimum atomic E-state index is 0.675. The fourth-order valence-electron chi connectivity index (χ4n) is 1.83. The number of aliphatic imine (C=N–C) groups is 1. The third kappa shape index (κ3) is 1.09. The molecule has 0 saturated heterocycles. The van der Waals surface area contributed by atoms with Crippen molar-refractivity contribution in [3.05, 3.63) is 0 Å². The Morgan fingerprint density at radius 2 is 2.40 bits per heavy atom. The van der Waals surface area contributed by atoms with E-state index in [9.17, 15) is 0 Å². The molecule has 1 heterocycles. The van der Waals surface area contributed by atoms with Crippen LogP contribution in [0.3, 0.4) is 0 Å². The Morgan fingerprint density at radius 1 is 1.50 bits per heavy atom. The largest absolute Gasteiger partial charge is 0.282 e. The lowest BCUT2D eigenvalue weighted by Gasteiger charge is -2.27. The monoisotopic (exact) mass is 155 g/mol. The first-order valence-electron chi connectivity index (χ1n) is 4.03. The molecule has 2 unspecified atom stereocenters. The quantitative estimate of drug-likeness (QED) is 0.523. The van der Waals surface area contributed by atoms with Crippen molar-refractivity contribution in [2.24, 2.45) is 10.9 Å². The van der Waals surface area contributed by atoms with Gasteiger partial charge in [-0.15, -0.1) is 11.8 Å². The molecule has 2 heteroatoms. The van der Waals surface area contributed by atoms with E-state index < -0.39 is 0 Å². The number of nitrogens with zero attached hydrogens (tertiary/aromatic N) is 1. The van der Waals surface area contributed by atoms with Crippen LogP contribution in [0, 0.1) is 5.92 Å². The number of rotatable bonds is 0. The standard InChI is InChI=1S/C8H13NS/c1-6-2-3-8-7(4-6)9-5-10-8/h5-8H,2-4H2,1H3/t6-,7?,8?/m0/s1. The second kappa shape index (κ2) is 2.57. The maximum Gasteiger partial charge on any atom is 0.0630 e. The summed E-state index contributed by atoms with van der Waals surface area (Å²) < 4.78 is 0. The van der Waals surface area contributed by atoms with Gasteiger partial charge in [0.2, 0.25) is 0 Å². The first kappa shape index (κ1) is 6.71. The molecule has 0 spiro atoms. The molecule has 10 heavy (non-hydrogen) atoms. The van der Waals surface area contributed by atoms with Crippen molar-refractivity contribution in [1.82, 2.24) is 0 Å². The van der Waals surface area contributed by atoms with E-state index in [1.54, 1.807) is 0 Å². The summed E-state index contributed by atoms with van der Waals surface area (Å²) in [5.41, 5.74) is 2.05. The number of fused-ring (bicyclic) bond motifs is 1. The van der Waals surface area contributed by atoms with Crippen LogP contribution in [0.15, 0.2) is 4.99 Å². The van der Waals surface area contributed by atoms with Gasteiger partial charge in [0.15, 0.2) is 0 Å². The van der Waals surface area contributed by atoms with Crippen LogP contribution < -0.4 is 0 Å². The van der Waals surface area contributed by atoms with Gasteiger partial charge in [-0.05, 0) is 25.2 Å². The van der Waals surface area contributed by atoms with E-state index in [2.05, 4.69) is 11.9 Å². The highest BCUT2D eigenvalue weighted by Crippen LogP contribution is 2.36. The van der Waals surface area contributed by atoms with E-state index in [0.29, 0.717) is 6.04 Å². The molecular formula is C8H13NS. The first-order valence-corrected chi connectivity index (χ1v) is 4.97. The molecule has 56 valence electrons. The van der Waals surface area contributed by atoms with Gasteiger partial charge < -0.3 is 0 Å². The molecule has 0 aromatic heterocycles. The Kier molecular flexibility index (Phi) is 1.73. The van der Waals surface area contributed by atoms with Crippen LogP contribution in [0.2, 0.25) is 0 Å². The van der Waals surface area contributed by atoms with Crippen LogP contribution in [0.25, 0.3) is 0 Å². The smallest absolute Gasteiger partial charge is 0.0630 e. The van der Waals surface area contributed by atoms with Crippen LogP contribution >= 0.6 is 11.8 Å². The molecule has 0 aromatic rings. The highest BCUT2D eigenvalue weighted by Gasteiger charge is 2.30. The Hall–Kier alpha value is 0.0200. The highest BCUT2D eigenvalue weighted by molar-refractivity contribution is 8.12. The Balaban J connectivity index is 2.01. The molecule has 0 N–H and O–H groups in total. The van der Waals surface area contributed by atoms with E-state index >= 15 is 0 Å². The number of hydrogen-bond acceptors (Lipinski definition) is 2. The molecular weight excluding hydrogens is 142 g/mol. The zero-order valence-electron chi connectivity index (χ0n) is 6.29. The van der Waals surface area contributed by atoms with Crippen LogP contribution in [0.4, 0.5) is 0 Å². The Morgan fingerprint density at radius 3 is 3.30 bits per heavy atom. The van der Waals surface area contributed by atoms with Crippen LogP contribution in [0.1, 0.15) is 26.2 Å². The molecule has 2 rings (SSSR count). The Labute approximate surface area is 66.3 Å². The van der Waals surface area contributed by atoms with Gasteiger partial charge in [0.25, 0.3) is 0 Å². The van der Waals surface area contributed by atoms with Gasteiger partial charge in [-0.3, -0.25) is 4.99 Å². The van der Waals surface area contributed by atoms with Crippen molar-refractivity contribution in [1.29, 1.82) is 0 Å². The average Bonchev–Trinajstić information content (AvgIpc) is 2.33. The van der Waals surface area contributed by atoms with Gasteiger partial charge in [-0.25, -0.2) is 0 Å². The van der Waals surface area contributed by atoms with E-state index in [0.717, 1.165) is 11.2 Å². The molecule has 0 amide bonds. The van der Waals surface area contributed by atoms with Gasteiger partial charge in [0.1, 0.15) is 0 Å². The molecule has 0 aromatic carbocycles. The van der Waals surface area contributed by atoms with Gasteiger partial charge in [0, 0.05) is 5.25 Å². The summed E-state index contributed by atoms with van der Waals surface area (Å²) in [6.07, 6.45) is 4.13. The maximum atomic E-state index is 4.45. The van der Waals surface area contributed by atoms with E-state index in [1.165, 1.54) is 19.3 Å². The normalized spacial score (nSPS) is 45.5. The predicted molar refractivity (Wildman–Crippen MR) is 46.7 cm³/mol. The van der Waals surface area contributed by atoms with Crippen molar-refractivity contribution in [2.45, 2.75) is 37.5 Å². The second-order valence-corrected chi connectivity index (χ2v) is 4.50. The summed E-state index contributed by atoms with van der Waals surface area (Å²) in [4.78, 5) is 4.45. The second-order valence-electron chi connectivity index (χ2n) is 3.41. The van der Waals surface area contributed by atoms with Gasteiger partial charge in [-0.1, -0.05) is 6.92 Å². The van der Waals surface area contributed by atoms with E-state index in [1.807, 2.05) is 17.3 Å². The lowest BCUT2D eigenvalue weighted by atomic mass is 9.87. The summed E-state index contributed by atoms with van der Waals surface area (Å²) in [7, 11) is 0. The van der Waals surface area contributed by atoms with Gasteiger partial charge in [-0.2, -0.15) is 0 Å². The molecule has 1 nitrogen and oxygen atoms in total. The molecule has 1 fully saturated rings.